The summed E-state index contributed by atoms with van der Waals surface area (Å²) in [5.74, 6) is 3.90. The van der Waals surface area contributed by atoms with Crippen LogP contribution in [0.5, 0.6) is 17.2 Å². The summed E-state index contributed by atoms with van der Waals surface area (Å²) >= 11 is 7.46. The lowest BCUT2D eigenvalue weighted by molar-refractivity contribution is -0.123. The van der Waals surface area contributed by atoms with Crippen LogP contribution in [0, 0.1) is 0 Å². The monoisotopic (exact) mass is 586 g/mol. The van der Waals surface area contributed by atoms with Gasteiger partial charge in [-0.25, -0.2) is 5.43 Å². The van der Waals surface area contributed by atoms with Gasteiger partial charge in [-0.15, -0.1) is 23.5 Å². The van der Waals surface area contributed by atoms with E-state index in [9.17, 15) is 4.79 Å². The van der Waals surface area contributed by atoms with E-state index in [1.807, 2.05) is 85.0 Å². The second-order valence-corrected chi connectivity index (χ2v) is 11.3. The average molecular weight is 588 g/mol. The van der Waals surface area contributed by atoms with Crippen molar-refractivity contribution in [2.75, 3.05) is 24.7 Å². The van der Waals surface area contributed by atoms with E-state index in [0.29, 0.717) is 35.0 Å². The summed E-state index contributed by atoms with van der Waals surface area (Å²) in [6.07, 6.45) is 1.55. The Morgan fingerprint density at radius 1 is 1.03 bits per heavy atom. The van der Waals surface area contributed by atoms with Gasteiger partial charge in [0.1, 0.15) is 12.4 Å². The fourth-order valence-corrected chi connectivity index (χ4v) is 6.68. The van der Waals surface area contributed by atoms with E-state index >= 15 is 0 Å². The first kappa shape index (κ1) is 26.4. The number of hydrogen-bond donors (Lipinski definition) is 1. The molecule has 1 N–H and O–H groups in total. The molecule has 188 valence electrons. The van der Waals surface area contributed by atoms with Crippen LogP contribution in [-0.2, 0) is 11.4 Å². The Labute approximate surface area is 228 Å². The molecule has 0 aromatic heterocycles. The number of hydrogen-bond acceptors (Lipinski definition) is 7. The first-order valence-corrected chi connectivity index (χ1v) is 14.4. The normalized spacial score (nSPS) is 13.6. The van der Waals surface area contributed by atoms with E-state index in [4.69, 9.17) is 14.2 Å². The van der Waals surface area contributed by atoms with Gasteiger partial charge in [0, 0.05) is 21.5 Å². The largest absolute Gasteiger partial charge is 0.490 e. The number of nitrogens with one attached hydrogen (secondary N) is 1. The first-order chi connectivity index (χ1) is 17.6. The van der Waals surface area contributed by atoms with E-state index in [2.05, 4.69) is 38.6 Å². The van der Waals surface area contributed by atoms with Crippen LogP contribution in [0.1, 0.15) is 28.2 Å². The third kappa shape index (κ3) is 7.69. The predicted molar refractivity (Wildman–Crippen MR) is 151 cm³/mol. The van der Waals surface area contributed by atoms with Gasteiger partial charge in [-0.1, -0.05) is 42.5 Å². The van der Waals surface area contributed by atoms with Crippen LogP contribution in [-0.4, -0.2) is 36.8 Å². The zero-order chi connectivity index (χ0) is 25.2. The number of benzene rings is 3. The number of ether oxygens (including phenoxy) is 3. The van der Waals surface area contributed by atoms with Gasteiger partial charge in [-0.05, 0) is 58.2 Å². The van der Waals surface area contributed by atoms with Crippen molar-refractivity contribution < 1.29 is 19.0 Å². The number of carbonyl (C=O) groups is 1. The van der Waals surface area contributed by atoms with Gasteiger partial charge in [0.25, 0.3) is 5.91 Å². The molecule has 0 saturated carbocycles. The van der Waals surface area contributed by atoms with E-state index in [1.165, 1.54) is 17.1 Å². The second-order valence-electron chi connectivity index (χ2n) is 7.75. The molecule has 1 amide bonds. The maximum Gasteiger partial charge on any atom is 0.277 e. The van der Waals surface area contributed by atoms with Gasteiger partial charge in [-0.3, -0.25) is 4.79 Å². The molecule has 36 heavy (non-hydrogen) atoms. The van der Waals surface area contributed by atoms with Crippen molar-refractivity contribution in [1.82, 2.24) is 5.43 Å². The van der Waals surface area contributed by atoms with Crippen molar-refractivity contribution in [3.63, 3.8) is 0 Å². The molecule has 1 fully saturated rings. The zero-order valence-electron chi connectivity index (χ0n) is 19.8. The Balaban J connectivity index is 1.30. The van der Waals surface area contributed by atoms with Crippen LogP contribution in [0.4, 0.5) is 0 Å². The van der Waals surface area contributed by atoms with Crippen LogP contribution in [0.2, 0.25) is 0 Å². The quantitative estimate of drug-likeness (QED) is 0.206. The minimum Gasteiger partial charge on any atom is -0.490 e. The minimum absolute atomic E-state index is 0.124. The van der Waals surface area contributed by atoms with Crippen molar-refractivity contribution >= 4 is 51.6 Å². The summed E-state index contributed by atoms with van der Waals surface area (Å²) in [6, 6.07) is 21.5. The molecule has 0 unspecified atom stereocenters. The molecule has 1 heterocycles. The van der Waals surface area contributed by atoms with Gasteiger partial charge < -0.3 is 14.2 Å². The van der Waals surface area contributed by atoms with Gasteiger partial charge in [0.05, 0.1) is 17.4 Å². The van der Waals surface area contributed by atoms with E-state index in [0.717, 1.165) is 15.6 Å². The van der Waals surface area contributed by atoms with Crippen LogP contribution in [0.15, 0.2) is 76.3 Å². The molecule has 0 spiro atoms. The number of amides is 1. The van der Waals surface area contributed by atoms with Crippen LogP contribution >= 0.6 is 39.5 Å². The summed E-state index contributed by atoms with van der Waals surface area (Å²) in [4.78, 5) is 12.2. The summed E-state index contributed by atoms with van der Waals surface area (Å²) in [5.41, 5.74) is 5.58. The van der Waals surface area contributed by atoms with Crippen LogP contribution < -0.4 is 19.6 Å². The number of hydrazone groups is 1. The van der Waals surface area contributed by atoms with E-state index in [1.54, 1.807) is 6.21 Å². The SMILES string of the molecule is CCOc1cc(/C=N\NC(=O)COc2ccc(C3SCCS3)cc2)c(Br)cc1OCc1ccccc1. The molecule has 9 heteroatoms. The van der Waals surface area contributed by atoms with E-state index < -0.39 is 0 Å². The molecule has 0 atom stereocenters. The highest BCUT2D eigenvalue weighted by atomic mass is 79.9. The Kier molecular flexibility index (Phi) is 10.0. The molecular weight excluding hydrogens is 560 g/mol. The molecule has 4 rings (SSSR count). The van der Waals surface area contributed by atoms with Crippen molar-refractivity contribution in [2.45, 2.75) is 18.1 Å². The number of halogens is 1. The molecule has 1 aliphatic heterocycles. The average Bonchev–Trinajstić information content (AvgIpc) is 3.44. The maximum atomic E-state index is 12.2. The van der Waals surface area contributed by atoms with E-state index in [-0.39, 0.29) is 12.5 Å². The van der Waals surface area contributed by atoms with Gasteiger partial charge in [-0.2, -0.15) is 5.10 Å². The zero-order valence-corrected chi connectivity index (χ0v) is 23.0. The molecule has 3 aromatic rings. The number of carbonyl (C=O) groups excluding carboxylic acids is 1. The molecule has 1 saturated heterocycles. The lowest BCUT2D eigenvalue weighted by Gasteiger charge is -2.14. The van der Waals surface area contributed by atoms with Gasteiger partial charge in [0.15, 0.2) is 18.1 Å². The van der Waals surface area contributed by atoms with Crippen LogP contribution in [0.3, 0.4) is 0 Å². The van der Waals surface area contributed by atoms with Crippen molar-refractivity contribution in [3.05, 3.63) is 87.9 Å². The highest BCUT2D eigenvalue weighted by Crippen LogP contribution is 2.45. The lowest BCUT2D eigenvalue weighted by Crippen LogP contribution is -2.24. The van der Waals surface area contributed by atoms with Crippen molar-refractivity contribution in [2.24, 2.45) is 5.10 Å². The fraction of sp³-hybridized carbons (Fsp3) is 0.259. The number of thioether (sulfide) groups is 2. The molecule has 0 radical (unpaired) electrons. The summed E-state index contributed by atoms with van der Waals surface area (Å²) in [6.45, 7) is 2.71. The highest BCUT2D eigenvalue weighted by Gasteiger charge is 2.18. The Hall–Kier alpha value is -2.62. The highest BCUT2D eigenvalue weighted by molar-refractivity contribution is 9.10. The van der Waals surface area contributed by atoms with Crippen molar-refractivity contribution in [1.29, 1.82) is 0 Å². The Morgan fingerprint density at radius 3 is 2.47 bits per heavy atom. The third-order valence-corrected chi connectivity index (χ3v) is 8.93. The Morgan fingerprint density at radius 2 is 1.75 bits per heavy atom. The molecule has 0 aliphatic carbocycles. The number of nitrogens with zero attached hydrogens (tertiary/aromatic N) is 1. The lowest BCUT2D eigenvalue weighted by atomic mass is 10.2. The topological polar surface area (TPSA) is 69.2 Å². The predicted octanol–water partition coefficient (Wildman–Crippen LogP) is 6.43. The number of rotatable bonds is 11. The molecule has 0 bridgehead atoms. The smallest absolute Gasteiger partial charge is 0.277 e. The Bertz CT molecular complexity index is 1170. The first-order valence-electron chi connectivity index (χ1n) is 11.5. The summed E-state index contributed by atoms with van der Waals surface area (Å²) in [5, 5.41) is 4.07. The summed E-state index contributed by atoms with van der Waals surface area (Å²) < 4.78 is 18.6. The van der Waals surface area contributed by atoms with Crippen LogP contribution in [0.25, 0.3) is 0 Å². The third-order valence-electron chi connectivity index (χ3n) is 5.14. The summed E-state index contributed by atoms with van der Waals surface area (Å²) in [7, 11) is 0. The van der Waals surface area contributed by atoms with Crippen molar-refractivity contribution in [3.8, 4) is 17.2 Å². The second kappa shape index (κ2) is 13.6. The molecular formula is C27H27BrN2O4S2. The standard InChI is InChI=1S/C27H27BrN2O4S2/c1-2-32-24-14-21(23(28)15-25(24)34-17-19-6-4-3-5-7-19)16-29-30-26(31)18-33-22-10-8-20(9-11-22)27-35-12-13-36-27/h3-11,14-16,27H,2,12-13,17-18H2,1H3,(H,30,31)/b29-16-. The fourth-order valence-electron chi connectivity index (χ4n) is 3.39. The molecule has 1 aliphatic rings. The van der Waals surface area contributed by atoms with Gasteiger partial charge >= 0.3 is 0 Å². The minimum atomic E-state index is -0.346. The molecule has 6 nitrogen and oxygen atoms in total. The van der Waals surface area contributed by atoms with Gasteiger partial charge in [0.2, 0.25) is 0 Å². The maximum absolute atomic E-state index is 12.2. The molecule has 3 aromatic carbocycles.